The van der Waals surface area contributed by atoms with Gasteiger partial charge in [0.2, 0.25) is 0 Å². The summed E-state index contributed by atoms with van der Waals surface area (Å²) in [4.78, 5) is 2.38. The van der Waals surface area contributed by atoms with E-state index in [1.807, 2.05) is 33.0 Å². The molecule has 0 fully saturated rings. The molecule has 1 rings (SSSR count). The van der Waals surface area contributed by atoms with Crippen LogP contribution in [-0.4, -0.2) is 45.6 Å². The third-order valence-corrected chi connectivity index (χ3v) is 4.84. The molecule has 0 radical (unpaired) electrons. The quantitative estimate of drug-likeness (QED) is 0.302. The molecular weight excluding hydrogens is 341 g/mol. The molecule has 2 atom stereocenters. The van der Waals surface area contributed by atoms with E-state index in [1.165, 1.54) is 36.7 Å². The van der Waals surface area contributed by atoms with Gasteiger partial charge in [-0.25, -0.2) is 0 Å². The molecule has 2 N–H and O–H groups in total. The Morgan fingerprint density at radius 1 is 1.21 bits per heavy atom. The van der Waals surface area contributed by atoms with Gasteiger partial charge in [0.05, 0.1) is 0 Å². The maximum absolute atomic E-state index is 6.79. The van der Waals surface area contributed by atoms with E-state index in [9.17, 15) is 0 Å². The average Bonchev–Trinajstić information content (AvgIpc) is 2.72. The van der Waals surface area contributed by atoms with Crippen molar-refractivity contribution in [2.45, 2.75) is 67.0 Å². The van der Waals surface area contributed by atoms with Gasteiger partial charge < -0.3 is 15.6 Å². The minimum Gasteiger partial charge on any atom is -0.388 e. The monoisotopic (exact) mass is 387 g/mol. The fourth-order valence-corrected chi connectivity index (χ4v) is 2.74. The molecule has 160 valence electrons. The molecule has 0 aromatic heterocycles. The lowest BCUT2D eigenvalue weighted by Gasteiger charge is -2.24. The van der Waals surface area contributed by atoms with Gasteiger partial charge in [0.1, 0.15) is 7.28 Å². The number of allylic oxidation sites excluding steroid dienone is 2. The standard InChI is InChI=1S/C14H25BN2.C6H13N.C4H8/c1-6-17(5)10-13(15-3)12-9-11(2)7-8-14(12)16-4;1-3-4-6(2)5-7;1-3-4-2/h7-9,13,15-16H,6,10H2,1-5H3;5-7H,3-4H2,1-2H3;3-4H,1-2H3/b;;4-3+/t13-;;/m0../s1. The SMILES string of the molecule is C/C=C/C.CB[C@@H](CN(C)CC)c1cc(C)ccc1NC.CCCC(C)C=N. The number of nitrogens with zero attached hydrogens (tertiary/aromatic N) is 1. The molecule has 0 aliphatic heterocycles. The first-order chi connectivity index (χ1) is 13.3. The molecule has 1 aromatic rings. The highest BCUT2D eigenvalue weighted by Gasteiger charge is 2.15. The number of anilines is 1. The van der Waals surface area contributed by atoms with Crippen LogP contribution in [0.2, 0.25) is 6.82 Å². The van der Waals surface area contributed by atoms with Gasteiger partial charge in [-0.1, -0.05) is 63.9 Å². The summed E-state index contributed by atoms with van der Waals surface area (Å²) in [6.45, 7) is 17.1. The van der Waals surface area contributed by atoms with Crippen LogP contribution < -0.4 is 5.32 Å². The van der Waals surface area contributed by atoms with Crippen LogP contribution in [0, 0.1) is 18.3 Å². The van der Waals surface area contributed by atoms with Crippen LogP contribution in [0.25, 0.3) is 0 Å². The molecule has 0 saturated heterocycles. The summed E-state index contributed by atoms with van der Waals surface area (Å²) < 4.78 is 0. The number of likely N-dealkylation sites (N-methyl/N-ethyl adjacent to an activating group) is 1. The third-order valence-electron chi connectivity index (χ3n) is 4.84. The minimum absolute atomic E-state index is 0.491. The normalized spacial score (nSPS) is 12.4. The van der Waals surface area contributed by atoms with Crippen LogP contribution in [0.4, 0.5) is 5.69 Å². The largest absolute Gasteiger partial charge is 0.388 e. The summed E-state index contributed by atoms with van der Waals surface area (Å²) in [5, 5.41) is 10.1. The predicted octanol–water partition coefficient (Wildman–Crippen LogP) is 6.17. The van der Waals surface area contributed by atoms with Gasteiger partial charge >= 0.3 is 0 Å². The molecule has 0 amide bonds. The first-order valence-corrected chi connectivity index (χ1v) is 10.9. The topological polar surface area (TPSA) is 39.1 Å². The molecular formula is C24H46BN3. The first-order valence-electron chi connectivity index (χ1n) is 10.9. The fraction of sp³-hybridized carbons (Fsp3) is 0.625. The predicted molar refractivity (Wildman–Crippen MR) is 133 cm³/mol. The van der Waals surface area contributed by atoms with Crippen molar-refractivity contribution in [2.75, 3.05) is 32.5 Å². The van der Waals surface area contributed by atoms with Crippen molar-refractivity contribution in [3.05, 3.63) is 41.5 Å². The lowest BCUT2D eigenvalue weighted by molar-refractivity contribution is 0.352. The lowest BCUT2D eigenvalue weighted by atomic mass is 9.63. The van der Waals surface area contributed by atoms with Crippen LogP contribution in [-0.2, 0) is 0 Å². The van der Waals surface area contributed by atoms with E-state index in [4.69, 9.17) is 5.41 Å². The van der Waals surface area contributed by atoms with E-state index in [-0.39, 0.29) is 0 Å². The summed E-state index contributed by atoms with van der Waals surface area (Å²) in [6, 6.07) is 6.69. The van der Waals surface area contributed by atoms with E-state index >= 15 is 0 Å². The van der Waals surface area contributed by atoms with Gasteiger partial charge in [-0.2, -0.15) is 0 Å². The van der Waals surface area contributed by atoms with Gasteiger partial charge in [-0.05, 0) is 76.9 Å². The zero-order valence-corrected chi connectivity index (χ0v) is 20.1. The van der Waals surface area contributed by atoms with Crippen molar-refractivity contribution in [3.63, 3.8) is 0 Å². The molecule has 0 heterocycles. The molecule has 1 unspecified atom stereocenters. The van der Waals surface area contributed by atoms with Gasteiger partial charge in [0, 0.05) is 12.7 Å². The molecule has 1 aromatic carbocycles. The number of hydrogen-bond acceptors (Lipinski definition) is 3. The molecule has 28 heavy (non-hydrogen) atoms. The molecule has 0 bridgehead atoms. The molecule has 3 nitrogen and oxygen atoms in total. The third kappa shape index (κ3) is 13.6. The van der Waals surface area contributed by atoms with E-state index in [2.05, 4.69) is 70.0 Å². The van der Waals surface area contributed by atoms with Crippen molar-refractivity contribution in [1.29, 1.82) is 5.41 Å². The summed E-state index contributed by atoms with van der Waals surface area (Å²) in [6.07, 6.45) is 7.85. The summed E-state index contributed by atoms with van der Waals surface area (Å²) >= 11 is 0. The maximum Gasteiger partial charge on any atom is 0.128 e. The molecule has 0 saturated carbocycles. The summed E-state index contributed by atoms with van der Waals surface area (Å²) in [7, 11) is 5.38. The highest BCUT2D eigenvalue weighted by atomic mass is 15.1. The molecule has 0 spiro atoms. The fourth-order valence-electron chi connectivity index (χ4n) is 2.74. The van der Waals surface area contributed by atoms with E-state index in [0.717, 1.165) is 19.5 Å². The van der Waals surface area contributed by atoms with Crippen LogP contribution in [0.15, 0.2) is 30.4 Å². The Bertz CT molecular complexity index is 525. The minimum atomic E-state index is 0.491. The van der Waals surface area contributed by atoms with Gasteiger partial charge in [-0.3, -0.25) is 0 Å². The van der Waals surface area contributed by atoms with Crippen molar-refractivity contribution in [2.24, 2.45) is 5.92 Å². The summed E-state index contributed by atoms with van der Waals surface area (Å²) in [5.74, 6) is 1.10. The molecule has 0 aliphatic rings. The Labute approximate surface area is 176 Å². The lowest BCUT2D eigenvalue weighted by Crippen LogP contribution is -2.27. The van der Waals surface area contributed by atoms with Crippen LogP contribution in [0.5, 0.6) is 0 Å². The van der Waals surface area contributed by atoms with Crippen molar-refractivity contribution >= 4 is 19.2 Å². The van der Waals surface area contributed by atoms with E-state index in [1.54, 1.807) is 0 Å². The maximum atomic E-state index is 6.79. The van der Waals surface area contributed by atoms with Crippen LogP contribution in [0.3, 0.4) is 0 Å². The van der Waals surface area contributed by atoms with E-state index in [0.29, 0.717) is 11.7 Å². The van der Waals surface area contributed by atoms with Crippen molar-refractivity contribution in [1.82, 2.24) is 4.90 Å². The Morgan fingerprint density at radius 2 is 1.82 bits per heavy atom. The highest BCUT2D eigenvalue weighted by Crippen LogP contribution is 2.25. The van der Waals surface area contributed by atoms with E-state index < -0.39 is 0 Å². The summed E-state index contributed by atoms with van der Waals surface area (Å²) in [5.41, 5.74) is 4.07. The number of nitrogens with one attached hydrogen (secondary N) is 2. The second-order valence-electron chi connectivity index (χ2n) is 7.40. The average molecular weight is 387 g/mol. The Balaban J connectivity index is 0. The highest BCUT2D eigenvalue weighted by molar-refractivity contribution is 6.36. The number of benzene rings is 1. The first kappa shape index (κ1) is 28.7. The zero-order valence-electron chi connectivity index (χ0n) is 20.1. The van der Waals surface area contributed by atoms with Gasteiger partial charge in [0.25, 0.3) is 0 Å². The van der Waals surface area contributed by atoms with Crippen molar-refractivity contribution < 1.29 is 0 Å². The number of hydrogen-bond donors (Lipinski definition) is 2. The Morgan fingerprint density at radius 3 is 2.18 bits per heavy atom. The second-order valence-corrected chi connectivity index (χ2v) is 7.40. The molecule has 4 heteroatoms. The van der Waals surface area contributed by atoms with Crippen LogP contribution >= 0.6 is 0 Å². The number of aryl methyl sites for hydroxylation is 1. The van der Waals surface area contributed by atoms with Crippen LogP contribution in [0.1, 0.15) is 64.4 Å². The van der Waals surface area contributed by atoms with Gasteiger partial charge in [-0.15, -0.1) is 0 Å². The molecule has 0 aliphatic carbocycles. The number of rotatable bonds is 9. The Kier molecular flexibility index (Phi) is 19.2. The zero-order chi connectivity index (χ0) is 21.9. The second kappa shape index (κ2) is 18.8. The van der Waals surface area contributed by atoms with Gasteiger partial charge in [0.15, 0.2) is 0 Å². The van der Waals surface area contributed by atoms with Crippen molar-refractivity contribution in [3.8, 4) is 0 Å². The smallest absolute Gasteiger partial charge is 0.128 e. The Hall–Kier alpha value is -1.55.